The molecule has 0 saturated heterocycles. The van der Waals surface area contributed by atoms with Gasteiger partial charge in [0.2, 0.25) is 5.88 Å². The number of aromatic nitrogens is 1. The van der Waals surface area contributed by atoms with E-state index < -0.39 is 5.60 Å². The van der Waals surface area contributed by atoms with Crippen LogP contribution in [-0.2, 0) is 6.61 Å². The van der Waals surface area contributed by atoms with Crippen LogP contribution in [0.25, 0.3) is 21.2 Å². The first kappa shape index (κ1) is 27.2. The predicted octanol–water partition coefficient (Wildman–Crippen LogP) is 7.41. The van der Waals surface area contributed by atoms with Crippen LogP contribution in [0, 0.1) is 30.1 Å². The van der Waals surface area contributed by atoms with Crippen LogP contribution in [0.3, 0.4) is 0 Å². The third-order valence-electron chi connectivity index (χ3n) is 6.27. The van der Waals surface area contributed by atoms with Crippen molar-refractivity contribution in [1.29, 1.82) is 5.26 Å². The molecule has 0 aliphatic heterocycles. The molecule has 0 aliphatic rings. The molecule has 2 aromatic heterocycles. The molecule has 6 heteroatoms. The zero-order valence-corrected chi connectivity index (χ0v) is 23.1. The van der Waals surface area contributed by atoms with Gasteiger partial charge in [-0.25, -0.2) is 4.98 Å². The Morgan fingerprint density at radius 3 is 2.61 bits per heavy atom. The van der Waals surface area contributed by atoms with E-state index in [0.717, 1.165) is 22.4 Å². The van der Waals surface area contributed by atoms with Gasteiger partial charge >= 0.3 is 0 Å². The molecule has 0 aliphatic carbocycles. The molecule has 38 heavy (non-hydrogen) atoms. The van der Waals surface area contributed by atoms with Gasteiger partial charge in [0.05, 0.1) is 30.6 Å². The second-order valence-corrected chi connectivity index (χ2v) is 10.8. The summed E-state index contributed by atoms with van der Waals surface area (Å²) in [6, 6.07) is 18.5. The Morgan fingerprint density at radius 2 is 1.92 bits per heavy atom. The van der Waals surface area contributed by atoms with Gasteiger partial charge in [-0.15, -0.1) is 17.3 Å². The van der Waals surface area contributed by atoms with Crippen molar-refractivity contribution in [1.82, 2.24) is 4.98 Å². The topological polar surface area (TPSA) is 75.4 Å². The molecule has 4 rings (SSSR count). The molecule has 0 radical (unpaired) electrons. The van der Waals surface area contributed by atoms with Gasteiger partial charge in [-0.1, -0.05) is 24.1 Å². The quantitative estimate of drug-likeness (QED) is 0.219. The highest BCUT2D eigenvalue weighted by molar-refractivity contribution is 7.17. The molecule has 4 aromatic rings. The smallest absolute Gasteiger partial charge is 0.213 e. The van der Waals surface area contributed by atoms with Gasteiger partial charge in [0.25, 0.3) is 0 Å². The zero-order valence-electron chi connectivity index (χ0n) is 22.2. The molecular formula is C32H32N2O3S. The summed E-state index contributed by atoms with van der Waals surface area (Å²) in [5, 5.41) is 22.3. The zero-order chi connectivity index (χ0) is 27.1. The Hall–Kier alpha value is -3.84. The molecule has 0 unspecified atom stereocenters. The van der Waals surface area contributed by atoms with Crippen LogP contribution < -0.4 is 9.47 Å². The van der Waals surface area contributed by atoms with E-state index in [0.29, 0.717) is 31.9 Å². The van der Waals surface area contributed by atoms with Crippen molar-refractivity contribution in [3.63, 3.8) is 0 Å². The Morgan fingerprint density at radius 1 is 1.08 bits per heavy atom. The average Bonchev–Trinajstić information content (AvgIpc) is 3.30. The van der Waals surface area contributed by atoms with Crippen molar-refractivity contribution in [2.45, 2.75) is 58.7 Å². The SMILES string of the molecule is CC#C[C@@H](CC#N)c1ccc(OCc2ccc3scc(-c4ccc(OCCC(C)(C)O)cc4C)c3c2)nc1. The summed E-state index contributed by atoms with van der Waals surface area (Å²) in [7, 11) is 0. The molecule has 0 fully saturated rings. The summed E-state index contributed by atoms with van der Waals surface area (Å²) < 4.78 is 13.1. The lowest BCUT2D eigenvalue weighted by Gasteiger charge is -2.17. The summed E-state index contributed by atoms with van der Waals surface area (Å²) in [5.41, 5.74) is 4.74. The molecule has 1 atom stereocenters. The van der Waals surface area contributed by atoms with Crippen LogP contribution in [0.1, 0.15) is 56.2 Å². The van der Waals surface area contributed by atoms with Crippen LogP contribution in [0.4, 0.5) is 0 Å². The molecule has 1 N–H and O–H groups in total. The first-order chi connectivity index (χ1) is 18.3. The highest BCUT2D eigenvalue weighted by atomic mass is 32.1. The lowest BCUT2D eigenvalue weighted by atomic mass is 9.99. The van der Waals surface area contributed by atoms with Crippen molar-refractivity contribution >= 4 is 21.4 Å². The van der Waals surface area contributed by atoms with Gasteiger partial charge in [0.1, 0.15) is 12.4 Å². The number of rotatable bonds is 10. The minimum atomic E-state index is -0.740. The Bertz CT molecular complexity index is 1500. The van der Waals surface area contributed by atoms with Gasteiger partial charge in [-0.05, 0) is 79.6 Å². The average molecular weight is 525 g/mol. The molecule has 0 saturated carbocycles. The number of nitrogens with zero attached hydrogens (tertiary/aromatic N) is 2. The Kier molecular flexibility index (Phi) is 8.69. The maximum Gasteiger partial charge on any atom is 0.213 e. The van der Waals surface area contributed by atoms with Gasteiger partial charge in [0, 0.05) is 34.3 Å². The summed E-state index contributed by atoms with van der Waals surface area (Å²) in [6.07, 6.45) is 2.65. The largest absolute Gasteiger partial charge is 0.493 e. The Balaban J connectivity index is 1.47. The summed E-state index contributed by atoms with van der Waals surface area (Å²) in [5.74, 6) is 7.16. The maximum absolute atomic E-state index is 9.91. The predicted molar refractivity (Wildman–Crippen MR) is 153 cm³/mol. The fourth-order valence-electron chi connectivity index (χ4n) is 4.18. The van der Waals surface area contributed by atoms with Crippen LogP contribution >= 0.6 is 11.3 Å². The number of fused-ring (bicyclic) bond motifs is 1. The number of hydrogen-bond donors (Lipinski definition) is 1. The second-order valence-electron chi connectivity index (χ2n) is 9.90. The van der Waals surface area contributed by atoms with Crippen LogP contribution in [0.5, 0.6) is 11.6 Å². The van der Waals surface area contributed by atoms with Crippen LogP contribution in [0.2, 0.25) is 0 Å². The molecule has 5 nitrogen and oxygen atoms in total. The van der Waals surface area contributed by atoms with Gasteiger partial charge < -0.3 is 14.6 Å². The second kappa shape index (κ2) is 12.1. The fourth-order valence-corrected chi connectivity index (χ4v) is 5.12. The monoisotopic (exact) mass is 524 g/mol. The van der Waals surface area contributed by atoms with Gasteiger partial charge in [0.15, 0.2) is 0 Å². The van der Waals surface area contributed by atoms with E-state index in [1.54, 1.807) is 38.3 Å². The lowest BCUT2D eigenvalue weighted by Crippen LogP contribution is -2.21. The van der Waals surface area contributed by atoms with E-state index in [9.17, 15) is 5.11 Å². The minimum Gasteiger partial charge on any atom is -0.493 e. The number of thiophene rings is 1. The van der Waals surface area contributed by atoms with Crippen molar-refractivity contribution in [3.8, 4) is 40.7 Å². The molecular weight excluding hydrogens is 492 g/mol. The molecule has 194 valence electrons. The first-order valence-corrected chi connectivity index (χ1v) is 13.5. The van der Waals surface area contributed by atoms with Crippen LogP contribution in [0.15, 0.2) is 60.1 Å². The number of benzene rings is 2. The Labute approximate surface area is 228 Å². The normalized spacial score (nSPS) is 11.9. The van der Waals surface area contributed by atoms with Gasteiger partial charge in [-0.3, -0.25) is 0 Å². The third-order valence-corrected chi connectivity index (χ3v) is 7.23. The van der Waals surface area contributed by atoms with E-state index in [-0.39, 0.29) is 5.92 Å². The van der Waals surface area contributed by atoms with Gasteiger partial charge in [-0.2, -0.15) is 5.26 Å². The van der Waals surface area contributed by atoms with E-state index in [2.05, 4.69) is 65.5 Å². The van der Waals surface area contributed by atoms with Crippen molar-refractivity contribution in [3.05, 3.63) is 76.8 Å². The number of hydrogen-bond acceptors (Lipinski definition) is 6. The minimum absolute atomic E-state index is 0.136. The summed E-state index contributed by atoms with van der Waals surface area (Å²) in [6.45, 7) is 8.32. The van der Waals surface area contributed by atoms with E-state index in [4.69, 9.17) is 14.7 Å². The number of nitriles is 1. The van der Waals surface area contributed by atoms with E-state index in [1.807, 2.05) is 18.2 Å². The number of pyridine rings is 1. The van der Waals surface area contributed by atoms with Crippen molar-refractivity contribution in [2.75, 3.05) is 6.61 Å². The first-order valence-electron chi connectivity index (χ1n) is 12.6. The number of aryl methyl sites for hydroxylation is 1. The standard InChI is InChI=1S/C32H32N2O3S/c1-5-6-24(13-15-33)25-8-12-31(34-19-25)37-20-23-7-11-30-28(18-23)29(21-38-30)27-10-9-26(17-22(27)2)36-16-14-32(3,4)35/h7-12,17-19,21,24,35H,13-14,16,20H2,1-4H3/t24-/m0/s1. The molecule has 2 heterocycles. The highest BCUT2D eigenvalue weighted by Crippen LogP contribution is 2.37. The maximum atomic E-state index is 9.91. The van der Waals surface area contributed by atoms with Crippen LogP contribution in [-0.4, -0.2) is 22.3 Å². The highest BCUT2D eigenvalue weighted by Gasteiger charge is 2.14. The molecule has 0 amide bonds. The molecule has 2 aromatic carbocycles. The number of aliphatic hydroxyl groups is 1. The van der Waals surface area contributed by atoms with E-state index >= 15 is 0 Å². The van der Waals surface area contributed by atoms with Crippen molar-refractivity contribution < 1.29 is 14.6 Å². The lowest BCUT2D eigenvalue weighted by molar-refractivity contribution is 0.0553. The van der Waals surface area contributed by atoms with E-state index in [1.165, 1.54) is 21.2 Å². The summed E-state index contributed by atoms with van der Waals surface area (Å²) >= 11 is 1.73. The number of ether oxygens (including phenoxy) is 2. The molecule has 0 bridgehead atoms. The third kappa shape index (κ3) is 6.92. The fraction of sp³-hybridized carbons (Fsp3) is 0.312. The molecule has 0 spiro atoms. The summed E-state index contributed by atoms with van der Waals surface area (Å²) in [4.78, 5) is 4.43. The van der Waals surface area contributed by atoms with Crippen molar-refractivity contribution in [2.24, 2.45) is 0 Å².